The lowest BCUT2D eigenvalue weighted by molar-refractivity contribution is -0.131. The molecule has 1 aromatic heterocycles. The molecule has 1 atom stereocenters. The minimum Gasteiger partial charge on any atom is -0.497 e. The van der Waals surface area contributed by atoms with E-state index in [1.165, 1.54) is 18.2 Å². The fourth-order valence-electron chi connectivity index (χ4n) is 3.38. The van der Waals surface area contributed by atoms with E-state index in [0.717, 1.165) is 42.8 Å². The Labute approximate surface area is 174 Å². The number of nitrogens with zero attached hydrogens (tertiary/aromatic N) is 3. The molecule has 1 saturated heterocycles. The topological polar surface area (TPSA) is 68.5 Å². The summed E-state index contributed by atoms with van der Waals surface area (Å²) >= 11 is 1.31. The Morgan fingerprint density at radius 3 is 2.45 bits per heavy atom. The lowest BCUT2D eigenvalue weighted by Gasteiger charge is -2.29. The highest BCUT2D eigenvalue weighted by Gasteiger charge is 2.29. The number of rotatable bonds is 6. The van der Waals surface area contributed by atoms with Gasteiger partial charge in [-0.15, -0.1) is 10.2 Å². The van der Waals surface area contributed by atoms with Crippen LogP contribution in [0.15, 0.2) is 64.2 Å². The third-order valence-corrected chi connectivity index (χ3v) is 6.03. The quantitative estimate of drug-likeness (QED) is 0.555. The van der Waals surface area contributed by atoms with Crippen LogP contribution >= 0.6 is 11.8 Å². The maximum absolute atomic E-state index is 13.3. The number of hydrogen-bond acceptors (Lipinski definition) is 6. The van der Waals surface area contributed by atoms with Gasteiger partial charge in [0.05, 0.1) is 7.11 Å². The first-order valence-corrected chi connectivity index (χ1v) is 10.6. The molecular formula is C22H23N3O3S. The summed E-state index contributed by atoms with van der Waals surface area (Å²) in [6, 6.07) is 17.2. The van der Waals surface area contributed by atoms with Gasteiger partial charge in [-0.1, -0.05) is 30.3 Å². The van der Waals surface area contributed by atoms with Crippen LogP contribution in [0, 0.1) is 0 Å². The van der Waals surface area contributed by atoms with Crippen molar-refractivity contribution < 1.29 is 13.9 Å². The Morgan fingerprint density at radius 1 is 1.03 bits per heavy atom. The second-order valence-electron chi connectivity index (χ2n) is 6.90. The zero-order chi connectivity index (χ0) is 20.1. The van der Waals surface area contributed by atoms with Gasteiger partial charge in [0.15, 0.2) is 0 Å². The lowest BCUT2D eigenvalue weighted by atomic mass is 10.1. The summed E-state index contributed by atoms with van der Waals surface area (Å²) in [5, 5.41) is 8.31. The van der Waals surface area contributed by atoms with Crippen molar-refractivity contribution in [1.82, 2.24) is 15.1 Å². The number of piperidine rings is 1. The molecule has 0 bridgehead atoms. The van der Waals surface area contributed by atoms with Gasteiger partial charge in [0.25, 0.3) is 5.22 Å². The molecular weight excluding hydrogens is 386 g/mol. The first-order chi connectivity index (χ1) is 14.2. The number of aromatic nitrogens is 2. The van der Waals surface area contributed by atoms with Gasteiger partial charge in [-0.2, -0.15) is 0 Å². The standard InChI is InChI=1S/C22H23N3O3S/c1-27-18-12-10-17(11-13-18)20-23-24-22(28-20)29-19(16-8-4-2-5-9-16)21(26)25-14-6-3-7-15-25/h2,4-5,8-13,19H,3,6-7,14-15H2,1H3/t19-/m0/s1. The van der Waals surface area contributed by atoms with Crippen LogP contribution in [0.1, 0.15) is 30.1 Å². The molecule has 2 aromatic carbocycles. The Kier molecular flexibility index (Phi) is 6.14. The molecule has 0 unspecified atom stereocenters. The van der Waals surface area contributed by atoms with E-state index in [2.05, 4.69) is 10.2 Å². The van der Waals surface area contributed by atoms with Crippen LogP contribution in [-0.2, 0) is 4.79 Å². The number of amides is 1. The summed E-state index contributed by atoms with van der Waals surface area (Å²) in [4.78, 5) is 15.2. The highest BCUT2D eigenvalue weighted by Crippen LogP contribution is 2.37. The molecule has 1 aliphatic rings. The first-order valence-electron chi connectivity index (χ1n) is 9.73. The average Bonchev–Trinajstić information content (AvgIpc) is 3.27. The summed E-state index contributed by atoms with van der Waals surface area (Å²) in [5.41, 5.74) is 1.75. The molecule has 0 spiro atoms. The maximum Gasteiger partial charge on any atom is 0.277 e. The Bertz CT molecular complexity index is 937. The normalized spacial score (nSPS) is 15.1. The van der Waals surface area contributed by atoms with Crippen molar-refractivity contribution in [1.29, 1.82) is 0 Å². The van der Waals surface area contributed by atoms with Gasteiger partial charge < -0.3 is 14.1 Å². The maximum atomic E-state index is 13.3. The van der Waals surface area contributed by atoms with Crippen LogP contribution < -0.4 is 4.74 Å². The molecule has 1 amide bonds. The fraction of sp³-hybridized carbons (Fsp3) is 0.318. The summed E-state index contributed by atoms with van der Waals surface area (Å²) in [5.74, 6) is 1.29. The van der Waals surface area contributed by atoms with Gasteiger partial charge in [0, 0.05) is 18.7 Å². The van der Waals surface area contributed by atoms with Crippen molar-refractivity contribution >= 4 is 17.7 Å². The Balaban J connectivity index is 1.56. The minimum atomic E-state index is -0.404. The van der Waals surface area contributed by atoms with Crippen LogP contribution in [0.2, 0.25) is 0 Å². The van der Waals surface area contributed by atoms with Crippen LogP contribution in [0.3, 0.4) is 0 Å². The number of thioether (sulfide) groups is 1. The number of carbonyl (C=O) groups excluding carboxylic acids is 1. The fourth-order valence-corrected chi connectivity index (χ4v) is 4.34. The molecule has 6 nitrogen and oxygen atoms in total. The van der Waals surface area contributed by atoms with E-state index in [1.807, 2.05) is 59.5 Å². The number of ether oxygens (including phenoxy) is 1. The smallest absolute Gasteiger partial charge is 0.277 e. The van der Waals surface area contributed by atoms with Gasteiger partial charge >= 0.3 is 0 Å². The molecule has 0 N–H and O–H groups in total. The zero-order valence-corrected chi connectivity index (χ0v) is 17.1. The monoisotopic (exact) mass is 409 g/mol. The van der Waals surface area contributed by atoms with Crippen LogP contribution in [0.5, 0.6) is 5.75 Å². The van der Waals surface area contributed by atoms with Crippen molar-refractivity contribution in [3.8, 4) is 17.2 Å². The van der Waals surface area contributed by atoms with E-state index in [9.17, 15) is 4.79 Å². The molecule has 7 heteroatoms. The van der Waals surface area contributed by atoms with E-state index in [4.69, 9.17) is 9.15 Å². The molecule has 1 fully saturated rings. The zero-order valence-electron chi connectivity index (χ0n) is 16.3. The number of methoxy groups -OCH3 is 1. The molecule has 2 heterocycles. The predicted molar refractivity (Wildman–Crippen MR) is 112 cm³/mol. The van der Waals surface area contributed by atoms with E-state index < -0.39 is 5.25 Å². The van der Waals surface area contributed by atoms with Crippen LogP contribution in [-0.4, -0.2) is 41.2 Å². The summed E-state index contributed by atoms with van der Waals surface area (Å²) in [6.45, 7) is 1.62. The lowest BCUT2D eigenvalue weighted by Crippen LogP contribution is -2.38. The molecule has 0 saturated carbocycles. The highest BCUT2D eigenvalue weighted by molar-refractivity contribution is 8.00. The molecule has 0 aliphatic carbocycles. The van der Waals surface area contributed by atoms with Crippen molar-refractivity contribution in [2.45, 2.75) is 29.7 Å². The van der Waals surface area contributed by atoms with Gasteiger partial charge in [-0.05, 0) is 60.9 Å². The number of hydrogen-bond donors (Lipinski definition) is 0. The summed E-state index contributed by atoms with van der Waals surface area (Å²) < 4.78 is 11.0. The Hall–Kier alpha value is -2.80. The van der Waals surface area contributed by atoms with Gasteiger partial charge in [0.1, 0.15) is 11.0 Å². The van der Waals surface area contributed by atoms with Crippen LogP contribution in [0.25, 0.3) is 11.5 Å². The SMILES string of the molecule is COc1ccc(-c2nnc(S[C@H](C(=O)N3CCCCC3)c3ccccc3)o2)cc1. The largest absolute Gasteiger partial charge is 0.497 e. The van der Waals surface area contributed by atoms with E-state index in [0.29, 0.717) is 11.1 Å². The molecule has 3 aromatic rings. The summed E-state index contributed by atoms with van der Waals surface area (Å²) in [7, 11) is 1.62. The second kappa shape index (κ2) is 9.13. The van der Waals surface area contributed by atoms with Gasteiger partial charge in [0.2, 0.25) is 11.8 Å². The van der Waals surface area contributed by atoms with Crippen molar-refractivity contribution in [3.05, 3.63) is 60.2 Å². The molecule has 4 rings (SSSR count). The van der Waals surface area contributed by atoms with Crippen LogP contribution in [0.4, 0.5) is 0 Å². The average molecular weight is 410 g/mol. The highest BCUT2D eigenvalue weighted by atomic mass is 32.2. The third-order valence-electron chi connectivity index (χ3n) is 4.96. The molecule has 150 valence electrons. The minimum absolute atomic E-state index is 0.102. The number of likely N-dealkylation sites (tertiary alicyclic amines) is 1. The molecule has 1 aliphatic heterocycles. The van der Waals surface area contributed by atoms with Crippen molar-refractivity contribution in [2.75, 3.05) is 20.2 Å². The summed E-state index contributed by atoms with van der Waals surface area (Å²) in [6.07, 6.45) is 3.29. The van der Waals surface area contributed by atoms with Crippen molar-refractivity contribution in [2.24, 2.45) is 0 Å². The Morgan fingerprint density at radius 2 is 1.76 bits per heavy atom. The second-order valence-corrected chi connectivity index (χ2v) is 7.95. The van der Waals surface area contributed by atoms with E-state index in [-0.39, 0.29) is 5.91 Å². The number of benzene rings is 2. The molecule has 0 radical (unpaired) electrons. The van der Waals surface area contributed by atoms with E-state index in [1.54, 1.807) is 7.11 Å². The predicted octanol–water partition coefficient (Wildman–Crippen LogP) is 4.59. The van der Waals surface area contributed by atoms with Gasteiger partial charge in [-0.3, -0.25) is 4.79 Å². The van der Waals surface area contributed by atoms with E-state index >= 15 is 0 Å². The number of carbonyl (C=O) groups is 1. The molecule has 29 heavy (non-hydrogen) atoms. The van der Waals surface area contributed by atoms with Gasteiger partial charge in [-0.25, -0.2) is 0 Å². The first kappa shape index (κ1) is 19.5. The third kappa shape index (κ3) is 4.62. The van der Waals surface area contributed by atoms with Crippen molar-refractivity contribution in [3.63, 3.8) is 0 Å².